The number of aryl methyl sites for hydroxylation is 1. The molecule has 1 aromatic rings. The Morgan fingerprint density at radius 1 is 1.22 bits per heavy atom. The topological polar surface area (TPSA) is 12.0 Å². The lowest BCUT2D eigenvalue weighted by molar-refractivity contribution is 0.393. The van der Waals surface area contributed by atoms with Crippen LogP contribution in [0.1, 0.15) is 36.9 Å². The van der Waals surface area contributed by atoms with E-state index in [4.69, 9.17) is 0 Å². The van der Waals surface area contributed by atoms with E-state index in [0.717, 1.165) is 17.8 Å². The highest BCUT2D eigenvalue weighted by Crippen LogP contribution is 2.43. The zero-order valence-corrected chi connectivity index (χ0v) is 11.4. The summed E-state index contributed by atoms with van der Waals surface area (Å²) in [6.45, 7) is 5.65. The Balaban J connectivity index is 1.57. The summed E-state index contributed by atoms with van der Waals surface area (Å²) >= 11 is 0. The van der Waals surface area contributed by atoms with Crippen LogP contribution in [0.4, 0.5) is 0 Å². The maximum absolute atomic E-state index is 3.73. The second kappa shape index (κ2) is 4.89. The Kier molecular flexibility index (Phi) is 3.25. The van der Waals surface area contributed by atoms with E-state index in [1.165, 1.54) is 30.5 Å². The molecule has 0 amide bonds. The van der Waals surface area contributed by atoms with Gasteiger partial charge in [-0.3, -0.25) is 0 Å². The molecule has 2 bridgehead atoms. The number of nitrogens with one attached hydrogen (secondary N) is 1. The smallest absolute Gasteiger partial charge is 0.0294 e. The van der Waals surface area contributed by atoms with Crippen molar-refractivity contribution in [2.45, 2.75) is 32.7 Å². The van der Waals surface area contributed by atoms with E-state index < -0.39 is 0 Å². The molecule has 3 rings (SSSR count). The Hall–Kier alpha value is -1.08. The van der Waals surface area contributed by atoms with Crippen LogP contribution < -0.4 is 5.32 Å². The fraction of sp³-hybridized carbons (Fsp3) is 0.529. The number of benzene rings is 1. The molecule has 1 aromatic carbocycles. The van der Waals surface area contributed by atoms with E-state index in [1.807, 2.05) is 0 Å². The van der Waals surface area contributed by atoms with Crippen molar-refractivity contribution in [2.24, 2.45) is 17.8 Å². The van der Waals surface area contributed by atoms with Gasteiger partial charge in [-0.1, -0.05) is 36.4 Å². The van der Waals surface area contributed by atoms with Gasteiger partial charge in [0.25, 0.3) is 0 Å². The molecule has 0 aromatic heterocycles. The van der Waals surface area contributed by atoms with Crippen molar-refractivity contribution < 1.29 is 0 Å². The van der Waals surface area contributed by atoms with Crippen molar-refractivity contribution in [1.29, 1.82) is 0 Å². The van der Waals surface area contributed by atoms with Gasteiger partial charge in [-0.2, -0.15) is 0 Å². The van der Waals surface area contributed by atoms with Gasteiger partial charge in [0.2, 0.25) is 0 Å². The van der Waals surface area contributed by atoms with Gasteiger partial charge < -0.3 is 5.32 Å². The average molecular weight is 241 g/mol. The van der Waals surface area contributed by atoms with Crippen LogP contribution >= 0.6 is 0 Å². The van der Waals surface area contributed by atoms with Crippen LogP contribution in [0.15, 0.2) is 36.4 Å². The van der Waals surface area contributed by atoms with Gasteiger partial charge in [-0.25, -0.2) is 0 Å². The first-order chi connectivity index (χ1) is 8.74. The molecule has 4 atom stereocenters. The maximum Gasteiger partial charge on any atom is 0.0294 e. The zero-order chi connectivity index (χ0) is 12.5. The Morgan fingerprint density at radius 3 is 2.72 bits per heavy atom. The van der Waals surface area contributed by atoms with Crippen molar-refractivity contribution >= 4 is 0 Å². The molecule has 1 nitrogen and oxygen atoms in total. The van der Waals surface area contributed by atoms with Crippen LogP contribution in [0.3, 0.4) is 0 Å². The molecule has 0 aliphatic heterocycles. The van der Waals surface area contributed by atoms with Crippen molar-refractivity contribution in [3.63, 3.8) is 0 Å². The van der Waals surface area contributed by atoms with Gasteiger partial charge >= 0.3 is 0 Å². The van der Waals surface area contributed by atoms with Gasteiger partial charge in [0.15, 0.2) is 0 Å². The minimum Gasteiger partial charge on any atom is -0.310 e. The standard InChI is InChI=1S/C17H23N/c1-12-5-3-4-6-17(12)13(2)18-11-16-10-14-7-8-15(16)9-14/h3-8,13-16,18H,9-11H2,1-2H3/t13-,14?,15?,16?/m0/s1. The Labute approximate surface area is 110 Å². The predicted molar refractivity (Wildman–Crippen MR) is 76.4 cm³/mol. The van der Waals surface area contributed by atoms with E-state index >= 15 is 0 Å². The Bertz CT molecular complexity index is 449. The number of hydrogen-bond donors (Lipinski definition) is 1. The van der Waals surface area contributed by atoms with E-state index in [2.05, 4.69) is 55.6 Å². The zero-order valence-electron chi connectivity index (χ0n) is 11.4. The molecule has 2 aliphatic carbocycles. The first-order valence-corrected chi connectivity index (χ1v) is 7.21. The summed E-state index contributed by atoms with van der Waals surface area (Å²) in [6, 6.07) is 9.17. The first-order valence-electron chi connectivity index (χ1n) is 7.21. The monoisotopic (exact) mass is 241 g/mol. The molecule has 1 fully saturated rings. The summed E-state index contributed by atoms with van der Waals surface area (Å²) in [5, 5.41) is 3.73. The maximum atomic E-state index is 3.73. The lowest BCUT2D eigenvalue weighted by Crippen LogP contribution is -2.28. The third-order valence-electron chi connectivity index (χ3n) is 4.76. The minimum absolute atomic E-state index is 0.467. The normalized spacial score (nSPS) is 30.9. The molecule has 18 heavy (non-hydrogen) atoms. The minimum atomic E-state index is 0.467. The van der Waals surface area contributed by atoms with Crippen molar-refractivity contribution in [2.75, 3.05) is 6.54 Å². The molecule has 96 valence electrons. The molecule has 0 heterocycles. The van der Waals surface area contributed by atoms with Crippen LogP contribution in [0, 0.1) is 24.7 Å². The van der Waals surface area contributed by atoms with Crippen molar-refractivity contribution in [3.05, 3.63) is 47.5 Å². The molecule has 1 N–H and O–H groups in total. The second-order valence-corrected chi connectivity index (χ2v) is 6.03. The molecular weight excluding hydrogens is 218 g/mol. The van der Waals surface area contributed by atoms with Crippen LogP contribution in [0.2, 0.25) is 0 Å². The quantitative estimate of drug-likeness (QED) is 0.789. The predicted octanol–water partition coefficient (Wildman–Crippen LogP) is 3.86. The molecule has 3 unspecified atom stereocenters. The van der Waals surface area contributed by atoms with Gasteiger partial charge in [0, 0.05) is 6.04 Å². The number of fused-ring (bicyclic) bond motifs is 2. The SMILES string of the molecule is Cc1ccccc1[C@H](C)NCC1CC2C=CC1C2. The highest BCUT2D eigenvalue weighted by Gasteiger charge is 2.35. The van der Waals surface area contributed by atoms with Gasteiger partial charge in [-0.15, -0.1) is 0 Å². The fourth-order valence-corrected chi connectivity index (χ4v) is 3.64. The molecule has 0 spiro atoms. The molecule has 0 radical (unpaired) electrons. The van der Waals surface area contributed by atoms with Crippen molar-refractivity contribution in [1.82, 2.24) is 5.32 Å². The van der Waals surface area contributed by atoms with E-state index in [-0.39, 0.29) is 0 Å². The third-order valence-corrected chi connectivity index (χ3v) is 4.76. The molecule has 1 saturated carbocycles. The summed E-state index contributed by atoms with van der Waals surface area (Å²) in [5.74, 6) is 2.61. The Morgan fingerprint density at radius 2 is 2.06 bits per heavy atom. The largest absolute Gasteiger partial charge is 0.310 e. The summed E-state index contributed by atoms with van der Waals surface area (Å²) in [6.07, 6.45) is 7.67. The molecular formula is C17H23N. The lowest BCUT2D eigenvalue weighted by Gasteiger charge is -2.23. The summed E-state index contributed by atoms with van der Waals surface area (Å²) in [7, 11) is 0. The molecule has 0 saturated heterocycles. The highest BCUT2D eigenvalue weighted by atomic mass is 14.9. The van der Waals surface area contributed by atoms with E-state index in [0.29, 0.717) is 6.04 Å². The highest BCUT2D eigenvalue weighted by molar-refractivity contribution is 5.28. The molecule has 2 aliphatic rings. The van der Waals surface area contributed by atoms with Crippen LogP contribution in [0.5, 0.6) is 0 Å². The number of hydrogen-bond acceptors (Lipinski definition) is 1. The summed E-state index contributed by atoms with van der Waals surface area (Å²) in [4.78, 5) is 0. The number of rotatable bonds is 4. The lowest BCUT2D eigenvalue weighted by atomic mass is 9.93. The van der Waals surface area contributed by atoms with E-state index in [1.54, 1.807) is 0 Å². The average Bonchev–Trinajstić information content (AvgIpc) is 2.98. The van der Waals surface area contributed by atoms with Crippen LogP contribution in [0.25, 0.3) is 0 Å². The first kappa shape index (κ1) is 12.0. The molecule has 1 heteroatoms. The van der Waals surface area contributed by atoms with Gasteiger partial charge in [0.05, 0.1) is 0 Å². The third kappa shape index (κ3) is 2.24. The van der Waals surface area contributed by atoms with Crippen LogP contribution in [-0.2, 0) is 0 Å². The number of allylic oxidation sites excluding steroid dienone is 2. The van der Waals surface area contributed by atoms with Crippen LogP contribution in [-0.4, -0.2) is 6.54 Å². The van der Waals surface area contributed by atoms with Gasteiger partial charge in [0.1, 0.15) is 0 Å². The van der Waals surface area contributed by atoms with Crippen molar-refractivity contribution in [3.8, 4) is 0 Å². The summed E-state index contributed by atoms with van der Waals surface area (Å²) in [5.41, 5.74) is 2.83. The van der Waals surface area contributed by atoms with Gasteiger partial charge in [-0.05, 0) is 62.1 Å². The van der Waals surface area contributed by atoms with E-state index in [9.17, 15) is 0 Å². The second-order valence-electron chi connectivity index (χ2n) is 6.03. The summed E-state index contributed by atoms with van der Waals surface area (Å²) < 4.78 is 0. The fourth-order valence-electron chi connectivity index (χ4n) is 3.64.